The highest BCUT2D eigenvalue weighted by Gasteiger charge is 2.69. The Kier molecular flexibility index (Phi) is 5.38. The van der Waals surface area contributed by atoms with E-state index in [2.05, 4.69) is 5.32 Å². The summed E-state index contributed by atoms with van der Waals surface area (Å²) < 4.78 is 11.6. The normalized spacial score (nSPS) is 28.8. The van der Waals surface area contributed by atoms with Crippen LogP contribution in [0.2, 0.25) is 0 Å². The van der Waals surface area contributed by atoms with Crippen LogP contribution in [-0.2, 0) is 29.3 Å². The Bertz CT molecular complexity index is 1330. The maximum absolute atomic E-state index is 13.7. The van der Waals surface area contributed by atoms with Crippen molar-refractivity contribution in [2.75, 3.05) is 18.5 Å². The predicted molar refractivity (Wildman–Crippen MR) is 132 cm³/mol. The van der Waals surface area contributed by atoms with Crippen molar-refractivity contribution < 1.29 is 23.9 Å². The molecule has 3 aliphatic rings. The maximum atomic E-state index is 13.7. The van der Waals surface area contributed by atoms with Crippen molar-refractivity contribution in [1.29, 1.82) is 0 Å². The first-order valence-electron chi connectivity index (χ1n) is 12.2. The van der Waals surface area contributed by atoms with Gasteiger partial charge in [-0.1, -0.05) is 78.9 Å². The van der Waals surface area contributed by atoms with Gasteiger partial charge in [-0.25, -0.2) is 0 Å². The number of nitrogens with one attached hydrogen (secondary N) is 1. The Morgan fingerprint density at radius 3 is 2.28 bits per heavy atom. The van der Waals surface area contributed by atoms with Gasteiger partial charge in [-0.3, -0.25) is 19.3 Å². The molecule has 3 aromatic rings. The number of rotatable bonds is 4. The molecule has 0 bridgehead atoms. The molecular formula is C29H26N2O5. The zero-order valence-electron chi connectivity index (χ0n) is 19.8. The Labute approximate surface area is 209 Å². The van der Waals surface area contributed by atoms with Gasteiger partial charge in [-0.05, 0) is 29.7 Å². The zero-order chi connectivity index (χ0) is 24.9. The molecule has 182 valence electrons. The van der Waals surface area contributed by atoms with Gasteiger partial charge in [0.05, 0.1) is 12.6 Å². The fourth-order valence-electron chi connectivity index (χ4n) is 6.20. The highest BCUT2D eigenvalue weighted by Crippen LogP contribution is 2.56. The van der Waals surface area contributed by atoms with Crippen LogP contribution in [0.1, 0.15) is 35.8 Å². The number of anilines is 1. The number of hydrogen-bond acceptors (Lipinski definition) is 6. The minimum atomic E-state index is -1.27. The van der Waals surface area contributed by atoms with E-state index in [1.807, 2.05) is 89.8 Å². The summed E-state index contributed by atoms with van der Waals surface area (Å²) >= 11 is 0. The van der Waals surface area contributed by atoms with Crippen LogP contribution < -0.4 is 5.32 Å². The standard InChI is InChI=1S/C29H26N2O5/c1-2-35-26(32)22-24-27(33)36-25(19-13-7-4-8-14-19)23(18-11-5-3-6-12-18)31(24)17-29(22)20-15-9-10-16-21(20)30-28(29)34/h3-16,22-25H,2,17H2,1H3,(H,30,34)/t22-,23-,24-,25+,29-/m1/s1. The number of para-hydroxylation sites is 1. The van der Waals surface area contributed by atoms with Gasteiger partial charge in [0.1, 0.15) is 23.5 Å². The summed E-state index contributed by atoms with van der Waals surface area (Å²) in [5.74, 6) is -2.44. The van der Waals surface area contributed by atoms with Crippen LogP contribution in [-0.4, -0.2) is 41.9 Å². The molecule has 7 heteroatoms. The number of ether oxygens (including phenoxy) is 2. The number of esters is 2. The molecule has 3 aliphatic heterocycles. The second-order valence-electron chi connectivity index (χ2n) is 9.44. The fraction of sp³-hybridized carbons (Fsp3) is 0.276. The van der Waals surface area contributed by atoms with Gasteiger partial charge in [-0.15, -0.1) is 0 Å². The van der Waals surface area contributed by atoms with E-state index in [0.717, 1.165) is 11.1 Å². The molecule has 6 rings (SSSR count). The molecule has 0 aromatic heterocycles. The monoisotopic (exact) mass is 482 g/mol. The van der Waals surface area contributed by atoms with Crippen LogP contribution in [0.15, 0.2) is 84.9 Å². The van der Waals surface area contributed by atoms with Crippen LogP contribution in [0.3, 0.4) is 0 Å². The summed E-state index contributed by atoms with van der Waals surface area (Å²) in [5.41, 5.74) is 1.88. The number of hydrogen-bond donors (Lipinski definition) is 1. The first kappa shape index (κ1) is 22.5. The maximum Gasteiger partial charge on any atom is 0.325 e. The number of morpholine rings is 1. The predicted octanol–water partition coefficient (Wildman–Crippen LogP) is 3.78. The van der Waals surface area contributed by atoms with Gasteiger partial charge in [0.25, 0.3) is 0 Å². The van der Waals surface area contributed by atoms with Crippen molar-refractivity contribution in [3.63, 3.8) is 0 Å². The molecule has 3 aromatic carbocycles. The molecule has 1 amide bonds. The zero-order valence-corrected chi connectivity index (χ0v) is 19.8. The van der Waals surface area contributed by atoms with Gasteiger partial charge in [0.15, 0.2) is 0 Å². The Morgan fingerprint density at radius 2 is 1.58 bits per heavy atom. The molecule has 0 aliphatic carbocycles. The van der Waals surface area contributed by atoms with Gasteiger partial charge in [-0.2, -0.15) is 0 Å². The Hall–Kier alpha value is -3.97. The third-order valence-electron chi connectivity index (χ3n) is 7.64. The fourth-order valence-corrected chi connectivity index (χ4v) is 6.20. The minimum absolute atomic E-state index is 0.144. The highest BCUT2D eigenvalue weighted by atomic mass is 16.6. The third-order valence-corrected chi connectivity index (χ3v) is 7.64. The number of cyclic esters (lactones) is 1. The lowest BCUT2D eigenvalue weighted by Gasteiger charge is -2.42. The summed E-state index contributed by atoms with van der Waals surface area (Å²) in [6.45, 7) is 2.05. The van der Waals surface area contributed by atoms with E-state index in [1.165, 1.54) is 0 Å². The first-order valence-corrected chi connectivity index (χ1v) is 12.2. The topological polar surface area (TPSA) is 84.9 Å². The molecule has 1 spiro atoms. The van der Waals surface area contributed by atoms with E-state index in [1.54, 1.807) is 6.92 Å². The molecule has 36 heavy (non-hydrogen) atoms. The average molecular weight is 483 g/mol. The van der Waals surface area contributed by atoms with Crippen molar-refractivity contribution in [3.05, 3.63) is 102 Å². The van der Waals surface area contributed by atoms with E-state index in [9.17, 15) is 14.4 Å². The number of carbonyl (C=O) groups excluding carboxylic acids is 3. The first-order chi connectivity index (χ1) is 17.6. The Balaban J connectivity index is 1.55. The molecule has 2 fully saturated rings. The lowest BCUT2D eigenvalue weighted by atomic mass is 9.71. The summed E-state index contributed by atoms with van der Waals surface area (Å²) in [6.07, 6.45) is -0.602. The minimum Gasteiger partial charge on any atom is -0.466 e. The molecule has 2 saturated heterocycles. The number of amides is 1. The lowest BCUT2D eigenvalue weighted by Crippen LogP contribution is -2.52. The van der Waals surface area contributed by atoms with Crippen LogP contribution in [0, 0.1) is 5.92 Å². The average Bonchev–Trinajstić information content (AvgIpc) is 3.41. The molecule has 0 saturated carbocycles. The third kappa shape index (κ3) is 3.19. The molecule has 0 unspecified atom stereocenters. The van der Waals surface area contributed by atoms with E-state index >= 15 is 0 Å². The quantitative estimate of drug-likeness (QED) is 0.570. The number of fused-ring (bicyclic) bond motifs is 3. The molecule has 0 radical (unpaired) electrons. The highest BCUT2D eigenvalue weighted by molar-refractivity contribution is 6.10. The van der Waals surface area contributed by atoms with Crippen molar-refractivity contribution in [2.45, 2.75) is 30.5 Å². The summed E-state index contributed by atoms with van der Waals surface area (Å²) in [4.78, 5) is 42.9. The summed E-state index contributed by atoms with van der Waals surface area (Å²) in [7, 11) is 0. The van der Waals surface area contributed by atoms with Crippen molar-refractivity contribution in [2.24, 2.45) is 5.92 Å². The van der Waals surface area contributed by atoms with Crippen LogP contribution >= 0.6 is 0 Å². The second kappa shape index (κ2) is 8.60. The largest absolute Gasteiger partial charge is 0.466 e. The van der Waals surface area contributed by atoms with Crippen molar-refractivity contribution in [3.8, 4) is 0 Å². The van der Waals surface area contributed by atoms with Crippen LogP contribution in [0.4, 0.5) is 5.69 Å². The number of benzene rings is 3. The molecular weight excluding hydrogens is 456 g/mol. The number of carbonyl (C=O) groups is 3. The SMILES string of the molecule is CCOC(=O)[C@H]1[C@@H]2C(=O)O[C@@H](c3ccccc3)[C@@H](c3ccccc3)N2C[C@]12C(=O)Nc1ccccc12. The molecule has 5 atom stereocenters. The smallest absolute Gasteiger partial charge is 0.325 e. The summed E-state index contributed by atoms with van der Waals surface area (Å²) in [6, 6.07) is 25.4. The van der Waals surface area contributed by atoms with E-state index in [-0.39, 0.29) is 19.1 Å². The van der Waals surface area contributed by atoms with Crippen LogP contribution in [0.5, 0.6) is 0 Å². The lowest BCUT2D eigenvalue weighted by molar-refractivity contribution is -0.178. The molecule has 7 nitrogen and oxygen atoms in total. The Morgan fingerprint density at radius 1 is 0.944 bits per heavy atom. The van der Waals surface area contributed by atoms with Gasteiger partial charge in [0.2, 0.25) is 5.91 Å². The van der Waals surface area contributed by atoms with Crippen molar-refractivity contribution in [1.82, 2.24) is 4.90 Å². The van der Waals surface area contributed by atoms with Gasteiger partial charge < -0.3 is 14.8 Å². The van der Waals surface area contributed by atoms with E-state index < -0.39 is 41.5 Å². The summed E-state index contributed by atoms with van der Waals surface area (Å²) in [5, 5.41) is 2.95. The van der Waals surface area contributed by atoms with Crippen LogP contribution in [0.25, 0.3) is 0 Å². The van der Waals surface area contributed by atoms with E-state index in [4.69, 9.17) is 9.47 Å². The van der Waals surface area contributed by atoms with Crippen molar-refractivity contribution >= 4 is 23.5 Å². The van der Waals surface area contributed by atoms with Gasteiger partial charge in [0, 0.05) is 12.2 Å². The second-order valence-corrected chi connectivity index (χ2v) is 9.44. The van der Waals surface area contributed by atoms with Gasteiger partial charge >= 0.3 is 11.9 Å². The van der Waals surface area contributed by atoms with E-state index in [0.29, 0.717) is 11.3 Å². The molecule has 1 N–H and O–H groups in total. The number of nitrogens with zero attached hydrogens (tertiary/aromatic N) is 1. The molecule has 3 heterocycles.